The third-order valence-corrected chi connectivity index (χ3v) is 2.15. The van der Waals surface area contributed by atoms with Crippen molar-refractivity contribution in [3.05, 3.63) is 47.2 Å². The van der Waals surface area contributed by atoms with E-state index in [1.807, 2.05) is 0 Å². The number of carbonyl (C=O) groups is 2. The van der Waals surface area contributed by atoms with E-state index in [0.717, 1.165) is 7.11 Å². The normalized spacial score (nSPS) is 11.6. The first-order valence-electron chi connectivity index (χ1n) is 4.84. The first-order chi connectivity index (χ1) is 8.06. The zero-order valence-electron chi connectivity index (χ0n) is 9.21. The number of rotatable bonds is 5. The van der Waals surface area contributed by atoms with Crippen LogP contribution < -0.4 is 0 Å². The second-order valence-electron chi connectivity index (χ2n) is 3.28. The lowest BCUT2D eigenvalue weighted by atomic mass is 10.0. The van der Waals surface area contributed by atoms with Gasteiger partial charge in [-0.05, 0) is 5.56 Å². The standard InChI is InChI=1S/C12H12O5/c1-17-10(12(15)16)9(11(13)14)7-8-5-3-2-4-6-8/h2-6H,7H2,1H3,(H,13,14)(H,15,16)/b10-9+. The Balaban J connectivity index is 3.11. The van der Waals surface area contributed by atoms with E-state index >= 15 is 0 Å². The van der Waals surface area contributed by atoms with Crippen molar-refractivity contribution in [3.8, 4) is 0 Å². The minimum Gasteiger partial charge on any atom is -0.489 e. The predicted molar refractivity (Wildman–Crippen MR) is 59.5 cm³/mol. The number of aliphatic carboxylic acids is 2. The third-order valence-electron chi connectivity index (χ3n) is 2.15. The summed E-state index contributed by atoms with van der Waals surface area (Å²) in [4.78, 5) is 21.8. The fraction of sp³-hybridized carbons (Fsp3) is 0.167. The first kappa shape index (κ1) is 12.8. The average Bonchev–Trinajstić information content (AvgIpc) is 2.29. The summed E-state index contributed by atoms with van der Waals surface area (Å²) in [5.74, 6) is -3.23. The van der Waals surface area contributed by atoms with Crippen LogP contribution in [0.25, 0.3) is 0 Å². The summed E-state index contributed by atoms with van der Waals surface area (Å²) in [6.07, 6.45) is 0.00560. The van der Waals surface area contributed by atoms with Crippen LogP contribution in [0.1, 0.15) is 5.56 Å². The van der Waals surface area contributed by atoms with E-state index < -0.39 is 17.7 Å². The van der Waals surface area contributed by atoms with Crippen molar-refractivity contribution >= 4 is 11.9 Å². The molecule has 0 aliphatic heterocycles. The molecule has 2 N–H and O–H groups in total. The molecule has 90 valence electrons. The summed E-state index contributed by atoms with van der Waals surface area (Å²) in [7, 11) is 1.14. The lowest BCUT2D eigenvalue weighted by molar-refractivity contribution is -0.138. The van der Waals surface area contributed by atoms with Gasteiger partial charge in [-0.15, -0.1) is 0 Å². The molecule has 5 nitrogen and oxygen atoms in total. The Kier molecular flexibility index (Phi) is 4.28. The number of ether oxygens (including phenoxy) is 1. The minimum atomic E-state index is -1.39. The van der Waals surface area contributed by atoms with Crippen LogP contribution in [-0.2, 0) is 20.7 Å². The molecule has 5 heteroatoms. The zero-order chi connectivity index (χ0) is 12.8. The van der Waals surface area contributed by atoms with Gasteiger partial charge < -0.3 is 14.9 Å². The van der Waals surface area contributed by atoms with E-state index in [1.54, 1.807) is 30.3 Å². The number of carboxylic acids is 2. The maximum Gasteiger partial charge on any atom is 0.371 e. The summed E-state index contributed by atoms with van der Waals surface area (Å²) in [6.45, 7) is 0. The lowest BCUT2D eigenvalue weighted by Gasteiger charge is -2.07. The van der Waals surface area contributed by atoms with E-state index in [4.69, 9.17) is 10.2 Å². The van der Waals surface area contributed by atoms with E-state index in [0.29, 0.717) is 5.56 Å². The summed E-state index contributed by atoms with van der Waals surface area (Å²) in [6, 6.07) is 8.74. The molecule has 1 rings (SSSR count). The van der Waals surface area contributed by atoms with Gasteiger partial charge in [-0.1, -0.05) is 30.3 Å². The fourth-order valence-electron chi connectivity index (χ4n) is 1.39. The molecular formula is C12H12O5. The second-order valence-corrected chi connectivity index (χ2v) is 3.28. The molecule has 17 heavy (non-hydrogen) atoms. The van der Waals surface area contributed by atoms with Crippen molar-refractivity contribution in [2.45, 2.75) is 6.42 Å². The Labute approximate surface area is 98.0 Å². The molecule has 1 aromatic carbocycles. The number of methoxy groups -OCH3 is 1. The predicted octanol–water partition coefficient (Wildman–Crippen LogP) is 1.30. The molecule has 0 atom stereocenters. The summed E-state index contributed by atoms with van der Waals surface area (Å²) < 4.78 is 4.61. The Bertz CT molecular complexity index is 447. The smallest absolute Gasteiger partial charge is 0.371 e. The molecule has 0 spiro atoms. The maximum atomic E-state index is 11.0. The SMILES string of the molecule is CO/C(C(=O)O)=C(\Cc1ccccc1)C(=O)O. The molecule has 0 amide bonds. The topological polar surface area (TPSA) is 83.8 Å². The van der Waals surface area contributed by atoms with E-state index in [2.05, 4.69) is 4.74 Å². The minimum absolute atomic E-state index is 0.00560. The number of carboxylic acid groups (broad SMARTS) is 2. The van der Waals surface area contributed by atoms with Crippen LogP contribution in [0.15, 0.2) is 41.7 Å². The quantitative estimate of drug-likeness (QED) is 0.594. The molecule has 1 aromatic rings. The molecule has 0 aromatic heterocycles. The molecule has 0 radical (unpaired) electrons. The van der Waals surface area contributed by atoms with Gasteiger partial charge in [0.2, 0.25) is 5.76 Å². The van der Waals surface area contributed by atoms with Crippen molar-refractivity contribution in [3.63, 3.8) is 0 Å². The van der Waals surface area contributed by atoms with Gasteiger partial charge >= 0.3 is 11.9 Å². The Hall–Kier alpha value is -2.30. The van der Waals surface area contributed by atoms with Crippen molar-refractivity contribution in [1.82, 2.24) is 0 Å². The summed E-state index contributed by atoms with van der Waals surface area (Å²) >= 11 is 0. The number of benzene rings is 1. The molecule has 0 saturated heterocycles. The highest BCUT2D eigenvalue weighted by molar-refractivity contribution is 5.97. The van der Waals surface area contributed by atoms with Gasteiger partial charge in [0.1, 0.15) is 0 Å². The van der Waals surface area contributed by atoms with Crippen molar-refractivity contribution in [1.29, 1.82) is 0 Å². The van der Waals surface area contributed by atoms with Crippen LogP contribution in [0.5, 0.6) is 0 Å². The van der Waals surface area contributed by atoms with Crippen LogP contribution >= 0.6 is 0 Å². The molecule has 0 aliphatic rings. The molecule has 0 saturated carbocycles. The molecule has 0 aliphatic carbocycles. The van der Waals surface area contributed by atoms with E-state index in [-0.39, 0.29) is 12.0 Å². The van der Waals surface area contributed by atoms with Crippen LogP contribution in [0, 0.1) is 0 Å². The monoisotopic (exact) mass is 236 g/mol. The van der Waals surface area contributed by atoms with Crippen molar-refractivity contribution in [2.24, 2.45) is 0 Å². The average molecular weight is 236 g/mol. The molecule has 0 bridgehead atoms. The zero-order valence-corrected chi connectivity index (χ0v) is 9.21. The van der Waals surface area contributed by atoms with Crippen molar-refractivity contribution < 1.29 is 24.5 Å². The van der Waals surface area contributed by atoms with Crippen LogP contribution in [0.3, 0.4) is 0 Å². The van der Waals surface area contributed by atoms with Gasteiger partial charge in [0.05, 0.1) is 12.7 Å². The molecule has 0 fully saturated rings. The first-order valence-corrected chi connectivity index (χ1v) is 4.84. The van der Waals surface area contributed by atoms with Gasteiger partial charge in [0.15, 0.2) is 0 Å². The lowest BCUT2D eigenvalue weighted by Crippen LogP contribution is -2.14. The largest absolute Gasteiger partial charge is 0.489 e. The Morgan fingerprint density at radius 1 is 1.12 bits per heavy atom. The molecular weight excluding hydrogens is 224 g/mol. The van der Waals surface area contributed by atoms with E-state index in [9.17, 15) is 9.59 Å². The van der Waals surface area contributed by atoms with Gasteiger partial charge in [0.25, 0.3) is 0 Å². The van der Waals surface area contributed by atoms with Gasteiger partial charge in [-0.3, -0.25) is 0 Å². The van der Waals surface area contributed by atoms with Gasteiger partial charge in [0, 0.05) is 6.42 Å². The van der Waals surface area contributed by atoms with E-state index in [1.165, 1.54) is 0 Å². The number of hydrogen-bond donors (Lipinski definition) is 2. The maximum absolute atomic E-state index is 11.0. The van der Waals surface area contributed by atoms with Gasteiger partial charge in [-0.25, -0.2) is 9.59 Å². The fourth-order valence-corrected chi connectivity index (χ4v) is 1.39. The molecule has 0 unspecified atom stereocenters. The molecule has 0 heterocycles. The number of hydrogen-bond acceptors (Lipinski definition) is 3. The van der Waals surface area contributed by atoms with Crippen molar-refractivity contribution in [2.75, 3.05) is 7.11 Å². The highest BCUT2D eigenvalue weighted by Gasteiger charge is 2.21. The van der Waals surface area contributed by atoms with Crippen LogP contribution in [0.4, 0.5) is 0 Å². The highest BCUT2D eigenvalue weighted by Crippen LogP contribution is 2.13. The summed E-state index contributed by atoms with van der Waals surface area (Å²) in [5, 5.41) is 17.8. The van der Waals surface area contributed by atoms with Crippen LogP contribution in [-0.4, -0.2) is 29.3 Å². The summed E-state index contributed by atoms with van der Waals surface area (Å²) in [5.41, 5.74) is 0.437. The second kappa shape index (κ2) is 5.69. The third kappa shape index (κ3) is 3.34. The van der Waals surface area contributed by atoms with Gasteiger partial charge in [-0.2, -0.15) is 0 Å². The Morgan fingerprint density at radius 3 is 2.12 bits per heavy atom. The van der Waals surface area contributed by atoms with Crippen LogP contribution in [0.2, 0.25) is 0 Å². The Morgan fingerprint density at radius 2 is 1.71 bits per heavy atom. The highest BCUT2D eigenvalue weighted by atomic mass is 16.5.